The van der Waals surface area contributed by atoms with Crippen molar-refractivity contribution in [3.05, 3.63) is 35.9 Å². The van der Waals surface area contributed by atoms with Gasteiger partial charge in [-0.15, -0.1) is 11.6 Å². The Balaban J connectivity index is 2.00. The van der Waals surface area contributed by atoms with Crippen molar-refractivity contribution in [3.63, 3.8) is 0 Å². The standard InChI is InChI=1S/C12H16ClNO/c13-7-11-6-12(15)9-14(11)8-10-4-2-1-3-5-10/h1-5,11-12,15H,6-9H2/p+1/t11-,12+/m0/s1. The van der Waals surface area contributed by atoms with Crippen LogP contribution in [0.25, 0.3) is 0 Å². The molecule has 1 aliphatic heterocycles. The van der Waals surface area contributed by atoms with Crippen molar-refractivity contribution in [1.82, 2.24) is 0 Å². The quantitative estimate of drug-likeness (QED) is 0.719. The summed E-state index contributed by atoms with van der Waals surface area (Å²) in [5.41, 5.74) is 1.32. The molecule has 2 N–H and O–H groups in total. The van der Waals surface area contributed by atoms with Crippen LogP contribution in [-0.2, 0) is 6.54 Å². The molecule has 1 aliphatic rings. The molecule has 3 atom stereocenters. The minimum Gasteiger partial charge on any atom is -0.387 e. The Labute approximate surface area is 95.5 Å². The highest BCUT2D eigenvalue weighted by Crippen LogP contribution is 2.05. The second-order valence-electron chi connectivity index (χ2n) is 4.27. The highest BCUT2D eigenvalue weighted by Gasteiger charge is 2.33. The molecule has 3 heteroatoms. The third-order valence-corrected chi connectivity index (χ3v) is 3.46. The van der Waals surface area contributed by atoms with E-state index in [-0.39, 0.29) is 6.10 Å². The number of aliphatic hydroxyl groups is 1. The van der Waals surface area contributed by atoms with Gasteiger partial charge in [0.05, 0.1) is 5.88 Å². The Hall–Kier alpha value is -0.570. The van der Waals surface area contributed by atoms with Crippen LogP contribution in [0.2, 0.25) is 0 Å². The number of aliphatic hydroxyl groups excluding tert-OH is 1. The van der Waals surface area contributed by atoms with Crippen LogP contribution in [0.3, 0.4) is 0 Å². The normalized spacial score (nSPS) is 30.7. The average Bonchev–Trinajstić information content (AvgIpc) is 2.60. The van der Waals surface area contributed by atoms with Crippen LogP contribution in [-0.4, -0.2) is 29.7 Å². The van der Waals surface area contributed by atoms with E-state index in [1.807, 2.05) is 6.07 Å². The summed E-state index contributed by atoms with van der Waals surface area (Å²) in [5.74, 6) is 0.638. The largest absolute Gasteiger partial charge is 0.387 e. The summed E-state index contributed by atoms with van der Waals surface area (Å²) in [7, 11) is 0. The van der Waals surface area contributed by atoms with E-state index in [2.05, 4.69) is 24.3 Å². The first kappa shape index (κ1) is 10.9. The molecule has 1 saturated heterocycles. The molecule has 0 bridgehead atoms. The van der Waals surface area contributed by atoms with Gasteiger partial charge in [0.1, 0.15) is 25.2 Å². The fraction of sp³-hybridized carbons (Fsp3) is 0.500. The van der Waals surface area contributed by atoms with Gasteiger partial charge in [0.25, 0.3) is 0 Å². The van der Waals surface area contributed by atoms with Gasteiger partial charge in [0.2, 0.25) is 0 Å². The van der Waals surface area contributed by atoms with E-state index >= 15 is 0 Å². The van der Waals surface area contributed by atoms with Crippen LogP contribution >= 0.6 is 11.6 Å². The van der Waals surface area contributed by atoms with Gasteiger partial charge < -0.3 is 10.0 Å². The van der Waals surface area contributed by atoms with E-state index in [0.29, 0.717) is 11.9 Å². The smallest absolute Gasteiger partial charge is 0.109 e. The summed E-state index contributed by atoms with van der Waals surface area (Å²) >= 11 is 5.90. The molecule has 1 aromatic carbocycles. The van der Waals surface area contributed by atoms with E-state index in [4.69, 9.17) is 11.6 Å². The Morgan fingerprint density at radius 3 is 2.73 bits per heavy atom. The molecule has 2 rings (SSSR count). The lowest BCUT2D eigenvalue weighted by atomic mass is 10.2. The monoisotopic (exact) mass is 226 g/mol. The maximum atomic E-state index is 9.60. The first-order valence-electron chi connectivity index (χ1n) is 5.42. The number of alkyl halides is 1. The van der Waals surface area contributed by atoms with Gasteiger partial charge in [0.15, 0.2) is 0 Å². The number of hydrogen-bond donors (Lipinski definition) is 2. The van der Waals surface area contributed by atoms with Gasteiger partial charge in [-0.1, -0.05) is 30.3 Å². The van der Waals surface area contributed by atoms with E-state index < -0.39 is 0 Å². The number of hydrogen-bond acceptors (Lipinski definition) is 1. The van der Waals surface area contributed by atoms with Crippen molar-refractivity contribution >= 4 is 11.6 Å². The fourth-order valence-electron chi connectivity index (χ4n) is 2.29. The molecule has 1 aromatic rings. The summed E-state index contributed by atoms with van der Waals surface area (Å²) in [5, 5.41) is 9.60. The van der Waals surface area contributed by atoms with Gasteiger partial charge in [0, 0.05) is 12.0 Å². The van der Waals surface area contributed by atoms with Crippen LogP contribution in [0.5, 0.6) is 0 Å². The van der Waals surface area contributed by atoms with Crippen molar-refractivity contribution < 1.29 is 10.0 Å². The third-order valence-electron chi connectivity index (χ3n) is 3.09. The number of quaternary nitrogens is 1. The van der Waals surface area contributed by atoms with Crippen LogP contribution < -0.4 is 4.90 Å². The molecular formula is C12H17ClNO+. The maximum absolute atomic E-state index is 9.60. The summed E-state index contributed by atoms with van der Waals surface area (Å²) in [4.78, 5) is 1.41. The molecule has 1 fully saturated rings. The lowest BCUT2D eigenvalue weighted by Gasteiger charge is -2.19. The maximum Gasteiger partial charge on any atom is 0.109 e. The lowest BCUT2D eigenvalue weighted by Crippen LogP contribution is -3.13. The molecular weight excluding hydrogens is 210 g/mol. The number of rotatable bonds is 3. The van der Waals surface area contributed by atoms with Crippen LogP contribution in [0.4, 0.5) is 0 Å². The number of nitrogens with one attached hydrogen (secondary N) is 1. The zero-order chi connectivity index (χ0) is 10.7. The number of likely N-dealkylation sites (tertiary alicyclic amines) is 1. The molecule has 0 amide bonds. The SMILES string of the molecule is O[C@@H]1C[C@@H](CCl)[NH+](Cc2ccccc2)C1. The molecule has 82 valence electrons. The molecule has 15 heavy (non-hydrogen) atoms. The zero-order valence-electron chi connectivity index (χ0n) is 8.70. The van der Waals surface area contributed by atoms with Crippen LogP contribution in [0.15, 0.2) is 30.3 Å². The van der Waals surface area contributed by atoms with Crippen LogP contribution in [0.1, 0.15) is 12.0 Å². The minimum absolute atomic E-state index is 0.174. The predicted molar refractivity (Wildman–Crippen MR) is 61.1 cm³/mol. The van der Waals surface area contributed by atoms with E-state index in [1.54, 1.807) is 0 Å². The van der Waals surface area contributed by atoms with Crippen molar-refractivity contribution in [2.24, 2.45) is 0 Å². The van der Waals surface area contributed by atoms with Crippen molar-refractivity contribution in [1.29, 1.82) is 0 Å². The average molecular weight is 227 g/mol. The Morgan fingerprint density at radius 2 is 2.07 bits per heavy atom. The Bertz CT molecular complexity index is 304. The molecule has 0 spiro atoms. The van der Waals surface area contributed by atoms with Gasteiger partial charge in [-0.25, -0.2) is 0 Å². The van der Waals surface area contributed by atoms with Gasteiger partial charge in [-0.2, -0.15) is 0 Å². The summed E-state index contributed by atoms with van der Waals surface area (Å²) in [6, 6.07) is 10.8. The van der Waals surface area contributed by atoms with Crippen molar-refractivity contribution in [3.8, 4) is 0 Å². The first-order chi connectivity index (χ1) is 7.29. The lowest BCUT2D eigenvalue weighted by molar-refractivity contribution is -0.924. The number of halogens is 1. The Kier molecular flexibility index (Phi) is 3.62. The highest BCUT2D eigenvalue weighted by molar-refractivity contribution is 6.18. The van der Waals surface area contributed by atoms with E-state index in [1.165, 1.54) is 10.5 Å². The number of benzene rings is 1. The molecule has 0 saturated carbocycles. The summed E-state index contributed by atoms with van der Waals surface area (Å²) < 4.78 is 0. The zero-order valence-corrected chi connectivity index (χ0v) is 9.45. The molecule has 0 aliphatic carbocycles. The van der Waals surface area contributed by atoms with E-state index in [9.17, 15) is 5.11 Å². The Morgan fingerprint density at radius 1 is 1.33 bits per heavy atom. The molecule has 1 heterocycles. The van der Waals surface area contributed by atoms with Crippen LogP contribution in [0, 0.1) is 0 Å². The summed E-state index contributed by atoms with van der Waals surface area (Å²) in [6.45, 7) is 1.79. The minimum atomic E-state index is -0.174. The third kappa shape index (κ3) is 2.71. The summed E-state index contributed by atoms with van der Waals surface area (Å²) in [6.07, 6.45) is 0.665. The van der Waals surface area contributed by atoms with Gasteiger partial charge >= 0.3 is 0 Å². The van der Waals surface area contributed by atoms with Gasteiger partial charge in [-0.3, -0.25) is 0 Å². The topological polar surface area (TPSA) is 24.7 Å². The van der Waals surface area contributed by atoms with E-state index in [0.717, 1.165) is 19.5 Å². The molecule has 0 aromatic heterocycles. The molecule has 1 unspecified atom stereocenters. The molecule has 0 radical (unpaired) electrons. The second kappa shape index (κ2) is 4.97. The van der Waals surface area contributed by atoms with Crippen molar-refractivity contribution in [2.75, 3.05) is 12.4 Å². The first-order valence-corrected chi connectivity index (χ1v) is 5.95. The van der Waals surface area contributed by atoms with Crippen molar-refractivity contribution in [2.45, 2.75) is 25.1 Å². The second-order valence-corrected chi connectivity index (χ2v) is 4.57. The predicted octanol–water partition coefficient (Wildman–Crippen LogP) is 0.443. The van der Waals surface area contributed by atoms with Gasteiger partial charge in [-0.05, 0) is 0 Å². The molecule has 2 nitrogen and oxygen atoms in total. The fourth-order valence-corrected chi connectivity index (χ4v) is 2.64. The highest BCUT2D eigenvalue weighted by atomic mass is 35.5.